The molecule has 0 amide bonds. The van der Waals surface area contributed by atoms with Gasteiger partial charge in [-0.25, -0.2) is 0 Å². The van der Waals surface area contributed by atoms with E-state index in [1.54, 1.807) is 0 Å². The summed E-state index contributed by atoms with van der Waals surface area (Å²) in [5.74, 6) is 0. The van der Waals surface area contributed by atoms with Crippen LogP contribution in [0.15, 0.2) is 79.0 Å². The molecule has 152 valence electrons. The lowest BCUT2D eigenvalue weighted by Gasteiger charge is -2.16. The van der Waals surface area contributed by atoms with Crippen molar-refractivity contribution in [2.24, 2.45) is 0 Å². The lowest BCUT2D eigenvalue weighted by atomic mass is 9.93. The molecule has 0 aliphatic rings. The molecule has 7 aromatic rings. The molecule has 32 heavy (non-hydrogen) atoms. The second kappa shape index (κ2) is 6.08. The molecule has 0 spiro atoms. The van der Waals surface area contributed by atoms with E-state index in [2.05, 4.69) is 98.0 Å². The van der Waals surface area contributed by atoms with Gasteiger partial charge in [-0.2, -0.15) is 0 Å². The summed E-state index contributed by atoms with van der Waals surface area (Å²) in [6, 6.07) is 26.7. The van der Waals surface area contributed by atoms with Crippen LogP contribution in [0.5, 0.6) is 0 Å². The fourth-order valence-electron chi connectivity index (χ4n) is 5.70. The van der Waals surface area contributed by atoms with Gasteiger partial charge in [-0.05, 0) is 72.7 Å². The highest BCUT2D eigenvalue weighted by Gasteiger charge is 2.22. The van der Waals surface area contributed by atoms with Crippen molar-refractivity contribution in [3.8, 4) is 11.1 Å². The first kappa shape index (κ1) is 17.7. The molecular weight excluding hydrogens is 388 g/mol. The molecule has 0 N–H and O–H groups in total. The zero-order chi connectivity index (χ0) is 21.6. The van der Waals surface area contributed by atoms with Gasteiger partial charge in [-0.15, -0.1) is 0 Å². The van der Waals surface area contributed by atoms with Gasteiger partial charge in [0.05, 0.1) is 22.1 Å². The van der Waals surface area contributed by atoms with Gasteiger partial charge in [0.25, 0.3) is 0 Å². The lowest BCUT2D eigenvalue weighted by molar-refractivity contribution is 1.29. The first-order valence-electron chi connectivity index (χ1n) is 11.2. The zero-order valence-corrected chi connectivity index (χ0v) is 18.4. The number of pyridine rings is 2. The van der Waals surface area contributed by atoms with Crippen LogP contribution in [0.2, 0.25) is 0 Å². The van der Waals surface area contributed by atoms with Gasteiger partial charge in [0, 0.05) is 27.7 Å². The van der Waals surface area contributed by atoms with Crippen LogP contribution in [0.25, 0.3) is 60.1 Å². The molecule has 0 atom stereocenters. The molecule has 3 aromatic heterocycles. The van der Waals surface area contributed by atoms with E-state index in [0.29, 0.717) is 0 Å². The lowest BCUT2D eigenvalue weighted by Crippen LogP contribution is -1.97. The highest BCUT2D eigenvalue weighted by molar-refractivity contribution is 6.31. The minimum Gasteiger partial charge on any atom is -0.308 e. The Morgan fingerprint density at radius 1 is 0.688 bits per heavy atom. The number of hydrogen-bond donors (Lipinski definition) is 0. The standard InChI is InChI=1S/C30H22N2/c1-17-9-10-22-25(15-17)32-29-19(3)13-18(2)14-24(29)28-26-21(11-12-31-28)16-23(27(22)30(26)32)20-7-5-4-6-8-20/h4-16H,1-3H3. The molecule has 0 unspecified atom stereocenters. The molecule has 0 bridgehead atoms. The molecule has 4 aromatic carbocycles. The maximum atomic E-state index is 4.92. The number of aromatic nitrogens is 2. The van der Waals surface area contributed by atoms with Crippen LogP contribution < -0.4 is 0 Å². The molecule has 0 aliphatic carbocycles. The van der Waals surface area contributed by atoms with Gasteiger partial charge in [0.15, 0.2) is 0 Å². The van der Waals surface area contributed by atoms with Gasteiger partial charge in [-0.1, -0.05) is 54.1 Å². The Labute approximate surface area is 186 Å². The molecular formula is C30H22N2. The molecule has 0 fully saturated rings. The number of aryl methyl sites for hydroxylation is 3. The first-order valence-corrected chi connectivity index (χ1v) is 11.2. The van der Waals surface area contributed by atoms with Gasteiger partial charge in [-0.3, -0.25) is 4.98 Å². The van der Waals surface area contributed by atoms with Crippen molar-refractivity contribution in [2.45, 2.75) is 20.8 Å². The number of fused-ring (bicyclic) bond motifs is 6. The second-order valence-electron chi connectivity index (χ2n) is 9.11. The molecule has 0 aliphatic heterocycles. The fraction of sp³-hybridized carbons (Fsp3) is 0.100. The van der Waals surface area contributed by atoms with Gasteiger partial charge < -0.3 is 4.40 Å². The number of rotatable bonds is 1. The van der Waals surface area contributed by atoms with E-state index in [0.717, 1.165) is 5.52 Å². The smallest absolute Gasteiger partial charge is 0.0822 e. The molecule has 2 nitrogen and oxygen atoms in total. The van der Waals surface area contributed by atoms with Crippen LogP contribution in [-0.2, 0) is 0 Å². The Kier molecular flexibility index (Phi) is 3.37. The Bertz CT molecular complexity index is 1840. The maximum absolute atomic E-state index is 4.92. The summed E-state index contributed by atoms with van der Waals surface area (Å²) in [6.45, 7) is 6.58. The third-order valence-electron chi connectivity index (χ3n) is 6.92. The van der Waals surface area contributed by atoms with Crippen molar-refractivity contribution in [1.82, 2.24) is 9.38 Å². The quantitative estimate of drug-likeness (QED) is 0.198. The Morgan fingerprint density at radius 2 is 1.53 bits per heavy atom. The number of nitrogens with zero attached hydrogens (tertiary/aromatic N) is 2. The minimum atomic E-state index is 1.10. The largest absolute Gasteiger partial charge is 0.308 e. The van der Waals surface area contributed by atoms with Crippen LogP contribution in [0.3, 0.4) is 0 Å². The molecule has 0 radical (unpaired) electrons. The summed E-state index contributed by atoms with van der Waals surface area (Å²) in [7, 11) is 0. The van der Waals surface area contributed by atoms with Crippen molar-refractivity contribution < 1.29 is 0 Å². The average Bonchev–Trinajstić information content (AvgIpc) is 3.13. The second-order valence-corrected chi connectivity index (χ2v) is 9.11. The molecule has 3 heterocycles. The number of hydrogen-bond acceptors (Lipinski definition) is 1. The van der Waals surface area contributed by atoms with Crippen molar-refractivity contribution in [2.75, 3.05) is 0 Å². The van der Waals surface area contributed by atoms with Crippen molar-refractivity contribution >= 4 is 49.0 Å². The average molecular weight is 411 g/mol. The van der Waals surface area contributed by atoms with E-state index < -0.39 is 0 Å². The first-order chi connectivity index (χ1) is 15.6. The zero-order valence-electron chi connectivity index (χ0n) is 18.4. The van der Waals surface area contributed by atoms with Gasteiger partial charge >= 0.3 is 0 Å². The SMILES string of the molecule is Cc1cc(C)c2c(c1)c1nccc3cc(-c4ccccc4)c4c5ccc(C)cc5n2c4c31. The third-order valence-corrected chi connectivity index (χ3v) is 6.92. The van der Waals surface area contributed by atoms with E-state index >= 15 is 0 Å². The Morgan fingerprint density at radius 3 is 2.38 bits per heavy atom. The number of benzene rings is 4. The summed E-state index contributed by atoms with van der Waals surface area (Å²) < 4.78 is 2.51. The van der Waals surface area contributed by atoms with Crippen molar-refractivity contribution in [1.29, 1.82) is 0 Å². The van der Waals surface area contributed by atoms with E-state index in [-0.39, 0.29) is 0 Å². The van der Waals surface area contributed by atoms with E-state index in [4.69, 9.17) is 4.98 Å². The van der Waals surface area contributed by atoms with Crippen molar-refractivity contribution in [3.63, 3.8) is 0 Å². The highest BCUT2D eigenvalue weighted by atomic mass is 14.9. The van der Waals surface area contributed by atoms with Crippen LogP contribution in [0.1, 0.15) is 16.7 Å². The van der Waals surface area contributed by atoms with Crippen LogP contribution >= 0.6 is 0 Å². The monoisotopic (exact) mass is 410 g/mol. The van der Waals surface area contributed by atoms with Crippen molar-refractivity contribution in [3.05, 3.63) is 95.7 Å². The minimum absolute atomic E-state index is 1.10. The Hall–Kier alpha value is -3.91. The summed E-state index contributed by atoms with van der Waals surface area (Å²) >= 11 is 0. The predicted molar refractivity (Wildman–Crippen MR) is 136 cm³/mol. The molecule has 0 saturated carbocycles. The van der Waals surface area contributed by atoms with Crippen LogP contribution in [-0.4, -0.2) is 9.38 Å². The summed E-state index contributed by atoms with van der Waals surface area (Å²) in [5.41, 5.74) is 11.3. The normalized spacial score (nSPS) is 12.2. The topological polar surface area (TPSA) is 17.3 Å². The summed E-state index contributed by atoms with van der Waals surface area (Å²) in [4.78, 5) is 4.92. The third kappa shape index (κ3) is 2.17. The summed E-state index contributed by atoms with van der Waals surface area (Å²) in [6.07, 6.45) is 1.96. The molecule has 7 rings (SSSR count). The van der Waals surface area contributed by atoms with E-state index in [1.807, 2.05) is 6.20 Å². The highest BCUT2D eigenvalue weighted by Crippen LogP contribution is 2.45. The fourth-order valence-corrected chi connectivity index (χ4v) is 5.70. The predicted octanol–water partition coefficient (Wildman–Crippen LogP) is 7.98. The van der Waals surface area contributed by atoms with E-state index in [9.17, 15) is 0 Å². The van der Waals surface area contributed by atoms with Crippen LogP contribution in [0.4, 0.5) is 0 Å². The van der Waals surface area contributed by atoms with Crippen LogP contribution in [0, 0.1) is 20.8 Å². The molecule has 2 heteroatoms. The van der Waals surface area contributed by atoms with E-state index in [1.165, 1.54) is 71.3 Å². The maximum Gasteiger partial charge on any atom is 0.0822 e. The van der Waals surface area contributed by atoms with Gasteiger partial charge in [0.1, 0.15) is 0 Å². The van der Waals surface area contributed by atoms with Gasteiger partial charge in [0.2, 0.25) is 0 Å². The Balaban J connectivity index is 1.91. The molecule has 0 saturated heterocycles. The summed E-state index contributed by atoms with van der Waals surface area (Å²) in [5, 5.41) is 6.35.